The van der Waals surface area contributed by atoms with Crippen LogP contribution in [0.4, 0.5) is 5.69 Å². The fraction of sp³-hybridized carbons (Fsp3) is 0.240. The van der Waals surface area contributed by atoms with Crippen molar-refractivity contribution in [2.45, 2.75) is 17.1 Å². The molecule has 35 heavy (non-hydrogen) atoms. The summed E-state index contributed by atoms with van der Waals surface area (Å²) in [6, 6.07) is 20.3. The summed E-state index contributed by atoms with van der Waals surface area (Å²) in [5, 5.41) is 3.77. The number of hydrogen-bond acceptors (Lipinski definition) is 5. The molecule has 0 unspecified atom stereocenters. The number of anilines is 1. The van der Waals surface area contributed by atoms with Gasteiger partial charge in [0.05, 0.1) is 22.7 Å². The van der Waals surface area contributed by atoms with Gasteiger partial charge in [0.25, 0.3) is 10.0 Å². The lowest BCUT2D eigenvalue weighted by Gasteiger charge is -2.24. The number of rotatable bonds is 12. The van der Waals surface area contributed by atoms with Crippen LogP contribution in [0.3, 0.4) is 0 Å². The number of thioether (sulfide) groups is 1. The number of ether oxygens (including phenoxy) is 1. The van der Waals surface area contributed by atoms with Crippen molar-refractivity contribution in [2.75, 3.05) is 30.3 Å². The average molecular weight is 554 g/mol. The molecule has 1 N–H and O–H groups in total. The third-order valence-corrected chi connectivity index (χ3v) is 8.46. The summed E-state index contributed by atoms with van der Waals surface area (Å²) in [6.07, 6.45) is 0.754. The van der Waals surface area contributed by atoms with Gasteiger partial charge in [0.1, 0.15) is 12.3 Å². The molecule has 6 nitrogen and oxygen atoms in total. The van der Waals surface area contributed by atoms with Crippen LogP contribution in [-0.2, 0) is 20.6 Å². The van der Waals surface area contributed by atoms with Crippen LogP contribution in [0, 0.1) is 0 Å². The fourth-order valence-corrected chi connectivity index (χ4v) is 5.94. The van der Waals surface area contributed by atoms with E-state index in [0.29, 0.717) is 17.3 Å². The van der Waals surface area contributed by atoms with Gasteiger partial charge in [-0.05, 0) is 60.2 Å². The number of carbonyl (C=O) groups excluding carboxylic acids is 1. The minimum Gasteiger partial charge on any atom is -0.495 e. The summed E-state index contributed by atoms with van der Waals surface area (Å²) in [7, 11) is -2.53. The zero-order valence-corrected chi connectivity index (χ0v) is 22.3. The number of carbonyl (C=O) groups is 1. The Labute approximate surface area is 220 Å². The van der Waals surface area contributed by atoms with Gasteiger partial charge in [-0.3, -0.25) is 9.10 Å². The predicted molar refractivity (Wildman–Crippen MR) is 144 cm³/mol. The highest BCUT2D eigenvalue weighted by Crippen LogP contribution is 2.31. The molecule has 3 rings (SSSR count). The first kappa shape index (κ1) is 27.2. The maximum atomic E-state index is 13.4. The predicted octanol–water partition coefficient (Wildman–Crippen LogP) is 5.64. The van der Waals surface area contributed by atoms with Crippen molar-refractivity contribution in [3.8, 4) is 5.75 Å². The topological polar surface area (TPSA) is 75.7 Å². The van der Waals surface area contributed by atoms with E-state index in [1.165, 1.54) is 30.9 Å². The largest absolute Gasteiger partial charge is 0.495 e. The van der Waals surface area contributed by atoms with E-state index in [9.17, 15) is 13.2 Å². The number of methoxy groups -OCH3 is 1. The molecule has 0 heterocycles. The van der Waals surface area contributed by atoms with Crippen LogP contribution in [0.5, 0.6) is 5.75 Å². The van der Waals surface area contributed by atoms with Crippen molar-refractivity contribution in [3.05, 3.63) is 88.4 Å². The van der Waals surface area contributed by atoms with Gasteiger partial charge in [0.15, 0.2) is 0 Å². The Morgan fingerprint density at radius 2 is 1.74 bits per heavy atom. The van der Waals surface area contributed by atoms with Gasteiger partial charge in [0.2, 0.25) is 5.91 Å². The number of amides is 1. The normalized spacial score (nSPS) is 11.2. The van der Waals surface area contributed by atoms with Crippen LogP contribution in [0.15, 0.2) is 77.7 Å². The molecule has 0 aliphatic rings. The molecular weight excluding hydrogens is 527 g/mol. The molecule has 0 saturated heterocycles. The molecule has 3 aromatic rings. The Hall–Kier alpha value is -2.39. The number of hydrogen-bond donors (Lipinski definition) is 1. The van der Waals surface area contributed by atoms with Crippen LogP contribution in [-0.4, -0.2) is 40.3 Å². The van der Waals surface area contributed by atoms with E-state index in [0.717, 1.165) is 22.2 Å². The Morgan fingerprint density at radius 3 is 2.40 bits per heavy atom. The van der Waals surface area contributed by atoms with Gasteiger partial charge in [0, 0.05) is 17.3 Å². The van der Waals surface area contributed by atoms with E-state index >= 15 is 0 Å². The second-order valence-electron chi connectivity index (χ2n) is 7.53. The molecule has 3 aromatic carbocycles. The monoisotopic (exact) mass is 552 g/mol. The molecule has 0 saturated carbocycles. The number of nitrogens with zero attached hydrogens (tertiary/aromatic N) is 1. The first-order valence-corrected chi connectivity index (χ1v) is 14.2. The summed E-state index contributed by atoms with van der Waals surface area (Å²) in [5.74, 6) is 1.71. The van der Waals surface area contributed by atoms with Gasteiger partial charge in [-0.25, -0.2) is 8.42 Å². The second-order valence-corrected chi connectivity index (χ2v) is 11.3. The van der Waals surface area contributed by atoms with Crippen molar-refractivity contribution in [3.63, 3.8) is 0 Å². The highest BCUT2D eigenvalue weighted by molar-refractivity contribution is 7.98. The van der Waals surface area contributed by atoms with E-state index < -0.39 is 15.9 Å². The minimum absolute atomic E-state index is 0.0818. The lowest BCUT2D eigenvalue weighted by atomic mass is 10.2. The Balaban J connectivity index is 1.61. The van der Waals surface area contributed by atoms with Gasteiger partial charge in [-0.15, -0.1) is 0 Å². The van der Waals surface area contributed by atoms with Gasteiger partial charge >= 0.3 is 0 Å². The second kappa shape index (κ2) is 13.1. The minimum atomic E-state index is -4.00. The maximum Gasteiger partial charge on any atom is 0.264 e. The van der Waals surface area contributed by atoms with Crippen LogP contribution >= 0.6 is 35.0 Å². The van der Waals surface area contributed by atoms with Crippen molar-refractivity contribution in [2.24, 2.45) is 0 Å². The average Bonchev–Trinajstić information content (AvgIpc) is 2.86. The molecule has 10 heteroatoms. The molecule has 0 radical (unpaired) electrons. The van der Waals surface area contributed by atoms with E-state index in [2.05, 4.69) is 5.32 Å². The van der Waals surface area contributed by atoms with Gasteiger partial charge in [-0.2, -0.15) is 11.8 Å². The fourth-order valence-electron chi connectivity index (χ4n) is 3.20. The molecular formula is C25H26Cl2N2O4S2. The molecule has 0 fully saturated rings. The molecule has 0 bridgehead atoms. The van der Waals surface area contributed by atoms with Crippen molar-refractivity contribution in [1.82, 2.24) is 5.32 Å². The maximum absolute atomic E-state index is 13.4. The first-order chi connectivity index (χ1) is 16.8. The Morgan fingerprint density at radius 1 is 1.03 bits per heavy atom. The lowest BCUT2D eigenvalue weighted by Crippen LogP contribution is -2.41. The molecule has 186 valence electrons. The molecule has 0 aromatic heterocycles. The summed E-state index contributed by atoms with van der Waals surface area (Å²) in [4.78, 5) is 12.8. The van der Waals surface area contributed by atoms with Crippen molar-refractivity contribution >= 4 is 56.6 Å². The summed E-state index contributed by atoms with van der Waals surface area (Å²) < 4.78 is 32.9. The quantitative estimate of drug-likeness (QED) is 0.294. The number of halogens is 2. The molecule has 0 atom stereocenters. The van der Waals surface area contributed by atoms with Crippen LogP contribution in [0.2, 0.25) is 10.0 Å². The van der Waals surface area contributed by atoms with Crippen LogP contribution in [0.25, 0.3) is 0 Å². The third kappa shape index (κ3) is 7.80. The summed E-state index contributed by atoms with van der Waals surface area (Å²) in [5.41, 5.74) is 1.46. The van der Waals surface area contributed by atoms with Crippen LogP contribution in [0.1, 0.15) is 12.0 Å². The van der Waals surface area contributed by atoms with Crippen LogP contribution < -0.4 is 14.4 Å². The van der Waals surface area contributed by atoms with Gasteiger partial charge < -0.3 is 10.1 Å². The molecule has 0 aliphatic heterocycles. The molecule has 1 amide bonds. The zero-order chi connectivity index (χ0) is 25.3. The summed E-state index contributed by atoms with van der Waals surface area (Å²) in [6.45, 7) is 0.0623. The number of benzene rings is 3. The molecule has 0 spiro atoms. The number of sulfonamides is 1. The lowest BCUT2D eigenvalue weighted by molar-refractivity contribution is -0.119. The van der Waals surface area contributed by atoms with Crippen molar-refractivity contribution < 1.29 is 17.9 Å². The Bertz CT molecular complexity index is 1220. The number of nitrogens with one attached hydrogen (secondary N) is 1. The summed E-state index contributed by atoms with van der Waals surface area (Å²) >= 11 is 13.9. The Kier molecular flexibility index (Phi) is 10.2. The van der Waals surface area contributed by atoms with Gasteiger partial charge in [-0.1, -0.05) is 53.5 Å². The third-order valence-electron chi connectivity index (χ3n) is 5.01. The van der Waals surface area contributed by atoms with E-state index in [1.807, 2.05) is 24.3 Å². The van der Waals surface area contributed by atoms with E-state index in [4.69, 9.17) is 27.9 Å². The molecule has 0 aliphatic carbocycles. The van der Waals surface area contributed by atoms with Crippen molar-refractivity contribution in [1.29, 1.82) is 0 Å². The zero-order valence-electron chi connectivity index (χ0n) is 19.1. The highest BCUT2D eigenvalue weighted by atomic mass is 35.5. The first-order valence-electron chi connectivity index (χ1n) is 10.8. The highest BCUT2D eigenvalue weighted by Gasteiger charge is 2.27. The smallest absolute Gasteiger partial charge is 0.264 e. The standard InChI is InChI=1S/C25H26Cl2N2O4S2/c1-33-24-13-12-21(16-23(24)27)29(35(31,32)22-6-3-2-4-7-22)17-25(30)28-14-5-15-34-18-19-8-10-20(26)11-9-19/h2-4,6-13,16H,5,14-15,17-18H2,1H3,(H,28,30). The van der Waals surface area contributed by atoms with E-state index in [1.54, 1.807) is 42.1 Å². The SMILES string of the molecule is COc1ccc(N(CC(=O)NCCCSCc2ccc(Cl)cc2)S(=O)(=O)c2ccccc2)cc1Cl. The van der Waals surface area contributed by atoms with E-state index in [-0.39, 0.29) is 22.2 Å².